The highest BCUT2D eigenvalue weighted by Gasteiger charge is 2.08. The van der Waals surface area contributed by atoms with E-state index in [2.05, 4.69) is 15.6 Å². The summed E-state index contributed by atoms with van der Waals surface area (Å²) in [7, 11) is 0. The number of carbonyl (C=O) groups is 3. The van der Waals surface area contributed by atoms with Crippen molar-refractivity contribution in [1.29, 1.82) is 0 Å². The van der Waals surface area contributed by atoms with E-state index in [0.717, 1.165) is 0 Å². The number of carbonyl (C=O) groups excluding carboxylic acids is 2. The number of rotatable bonds is 5. The van der Waals surface area contributed by atoms with Crippen LogP contribution in [0.25, 0.3) is 0 Å². The molecule has 1 aromatic rings. The van der Waals surface area contributed by atoms with Crippen LogP contribution < -0.4 is 10.6 Å². The molecule has 0 fully saturated rings. The Bertz CT molecular complexity index is 461. The van der Waals surface area contributed by atoms with E-state index in [4.69, 9.17) is 16.7 Å². The van der Waals surface area contributed by atoms with Gasteiger partial charge in [-0.05, 0) is 12.1 Å². The Morgan fingerprint density at radius 3 is 2.50 bits per heavy atom. The fourth-order valence-corrected chi connectivity index (χ4v) is 1.12. The molecule has 0 aliphatic heterocycles. The number of hydrogen-bond acceptors (Lipinski definition) is 4. The summed E-state index contributed by atoms with van der Waals surface area (Å²) in [6.45, 7) is -0.800. The molecule has 18 heavy (non-hydrogen) atoms. The van der Waals surface area contributed by atoms with Gasteiger partial charge >= 0.3 is 5.97 Å². The fourth-order valence-electron chi connectivity index (χ4n) is 1.01. The van der Waals surface area contributed by atoms with Crippen LogP contribution in [0.15, 0.2) is 18.3 Å². The van der Waals surface area contributed by atoms with Gasteiger partial charge in [0.15, 0.2) is 0 Å². The average Bonchev–Trinajstić information content (AvgIpc) is 2.34. The maximum Gasteiger partial charge on any atom is 0.322 e. The highest BCUT2D eigenvalue weighted by molar-refractivity contribution is 6.29. The molecule has 7 nitrogen and oxygen atoms in total. The van der Waals surface area contributed by atoms with Crippen molar-refractivity contribution in [3.8, 4) is 0 Å². The number of amides is 2. The molecule has 96 valence electrons. The van der Waals surface area contributed by atoms with E-state index < -0.39 is 24.3 Å². The maximum atomic E-state index is 11.5. The second-order valence-electron chi connectivity index (χ2n) is 3.22. The van der Waals surface area contributed by atoms with Crippen LogP contribution in [-0.4, -0.2) is 41.0 Å². The van der Waals surface area contributed by atoms with Crippen molar-refractivity contribution in [3.63, 3.8) is 0 Å². The third kappa shape index (κ3) is 4.79. The van der Waals surface area contributed by atoms with Crippen molar-refractivity contribution in [1.82, 2.24) is 15.6 Å². The summed E-state index contributed by atoms with van der Waals surface area (Å²) < 4.78 is 0. The molecule has 0 aliphatic rings. The number of hydrogen-bond donors (Lipinski definition) is 3. The van der Waals surface area contributed by atoms with Crippen LogP contribution in [0.2, 0.25) is 5.15 Å². The minimum atomic E-state index is -1.16. The molecule has 1 heterocycles. The van der Waals surface area contributed by atoms with Crippen LogP contribution in [0.4, 0.5) is 0 Å². The van der Waals surface area contributed by atoms with Crippen LogP contribution in [-0.2, 0) is 9.59 Å². The van der Waals surface area contributed by atoms with Gasteiger partial charge in [0.25, 0.3) is 5.91 Å². The van der Waals surface area contributed by atoms with Gasteiger partial charge in [-0.3, -0.25) is 14.4 Å². The quantitative estimate of drug-likeness (QED) is 0.635. The van der Waals surface area contributed by atoms with E-state index in [1.54, 1.807) is 0 Å². The lowest BCUT2D eigenvalue weighted by Crippen LogP contribution is -2.39. The zero-order valence-corrected chi connectivity index (χ0v) is 9.90. The summed E-state index contributed by atoms with van der Waals surface area (Å²) in [5.74, 6) is -2.24. The summed E-state index contributed by atoms with van der Waals surface area (Å²) >= 11 is 5.55. The van der Waals surface area contributed by atoms with E-state index >= 15 is 0 Å². The van der Waals surface area contributed by atoms with E-state index in [1.165, 1.54) is 18.3 Å². The predicted octanol–water partition coefficient (Wildman–Crippen LogP) is -0.334. The molecule has 0 spiro atoms. The van der Waals surface area contributed by atoms with Gasteiger partial charge in [-0.25, -0.2) is 4.98 Å². The van der Waals surface area contributed by atoms with E-state index in [1.807, 2.05) is 0 Å². The van der Waals surface area contributed by atoms with Gasteiger partial charge in [0.05, 0.1) is 12.1 Å². The molecule has 1 rings (SSSR count). The standard InChI is InChI=1S/C10H10ClN3O4/c11-7-2-1-6(3-12-7)10(18)14-4-8(15)13-5-9(16)17/h1-3H,4-5H2,(H,13,15)(H,14,18)(H,16,17). The Kier molecular flexibility index (Phi) is 5.06. The van der Waals surface area contributed by atoms with Gasteiger partial charge in [-0.15, -0.1) is 0 Å². The van der Waals surface area contributed by atoms with E-state index in [0.29, 0.717) is 0 Å². The largest absolute Gasteiger partial charge is 0.480 e. The summed E-state index contributed by atoms with van der Waals surface area (Å²) in [6, 6.07) is 2.90. The average molecular weight is 272 g/mol. The first kappa shape index (κ1) is 13.9. The molecule has 0 saturated heterocycles. The molecule has 2 amide bonds. The summed E-state index contributed by atoms with van der Waals surface area (Å²) in [5, 5.41) is 13.0. The number of nitrogens with zero attached hydrogens (tertiary/aromatic N) is 1. The minimum Gasteiger partial charge on any atom is -0.480 e. The lowest BCUT2D eigenvalue weighted by Gasteiger charge is -2.05. The van der Waals surface area contributed by atoms with E-state index in [9.17, 15) is 14.4 Å². The lowest BCUT2D eigenvalue weighted by molar-refractivity contribution is -0.137. The van der Waals surface area contributed by atoms with Gasteiger partial charge in [-0.1, -0.05) is 11.6 Å². The Hall–Kier alpha value is -2.15. The number of carboxylic acid groups (broad SMARTS) is 1. The van der Waals surface area contributed by atoms with Crippen LogP contribution in [0.1, 0.15) is 10.4 Å². The zero-order chi connectivity index (χ0) is 13.5. The zero-order valence-electron chi connectivity index (χ0n) is 9.14. The number of aliphatic carboxylic acids is 1. The molecule has 0 aromatic carbocycles. The molecular weight excluding hydrogens is 262 g/mol. The van der Waals surface area contributed by atoms with Gasteiger partial charge in [0, 0.05) is 6.20 Å². The molecular formula is C10H10ClN3O4. The normalized spacial score (nSPS) is 9.61. The molecule has 0 radical (unpaired) electrons. The van der Waals surface area contributed by atoms with Gasteiger partial charge in [0.2, 0.25) is 5.91 Å². The first-order valence-corrected chi connectivity index (χ1v) is 5.25. The van der Waals surface area contributed by atoms with Crippen LogP contribution in [0.3, 0.4) is 0 Å². The summed E-state index contributed by atoms with van der Waals surface area (Å²) in [5.41, 5.74) is 0.255. The third-order valence-electron chi connectivity index (χ3n) is 1.84. The van der Waals surface area contributed by atoms with Crippen molar-refractivity contribution < 1.29 is 19.5 Å². The molecule has 0 bridgehead atoms. The SMILES string of the molecule is O=C(O)CNC(=O)CNC(=O)c1ccc(Cl)nc1. The van der Waals surface area contributed by atoms with Crippen molar-refractivity contribution in [2.45, 2.75) is 0 Å². The molecule has 0 unspecified atom stereocenters. The molecule has 3 N–H and O–H groups in total. The first-order valence-electron chi connectivity index (χ1n) is 4.87. The molecule has 0 saturated carbocycles. The monoisotopic (exact) mass is 271 g/mol. The van der Waals surface area contributed by atoms with E-state index in [-0.39, 0.29) is 17.3 Å². The highest BCUT2D eigenvalue weighted by Crippen LogP contribution is 2.04. The fraction of sp³-hybridized carbons (Fsp3) is 0.200. The number of pyridine rings is 1. The number of nitrogens with one attached hydrogen (secondary N) is 2. The summed E-state index contributed by atoms with van der Waals surface area (Å²) in [4.78, 5) is 36.5. The third-order valence-corrected chi connectivity index (χ3v) is 2.06. The Morgan fingerprint density at radius 1 is 1.22 bits per heavy atom. The topological polar surface area (TPSA) is 108 Å². The second-order valence-corrected chi connectivity index (χ2v) is 3.61. The lowest BCUT2D eigenvalue weighted by atomic mass is 10.3. The Morgan fingerprint density at radius 2 is 1.94 bits per heavy atom. The molecule has 8 heteroatoms. The Labute approximate surface area is 107 Å². The molecule has 1 aromatic heterocycles. The van der Waals surface area contributed by atoms with Crippen molar-refractivity contribution in [3.05, 3.63) is 29.0 Å². The minimum absolute atomic E-state index is 0.255. The van der Waals surface area contributed by atoms with Gasteiger partial charge in [0.1, 0.15) is 11.7 Å². The Balaban J connectivity index is 2.39. The molecule has 0 aliphatic carbocycles. The highest BCUT2D eigenvalue weighted by atomic mass is 35.5. The molecule has 0 atom stereocenters. The van der Waals surface area contributed by atoms with Gasteiger partial charge in [-0.2, -0.15) is 0 Å². The smallest absolute Gasteiger partial charge is 0.322 e. The second kappa shape index (κ2) is 6.55. The van der Waals surface area contributed by atoms with Crippen molar-refractivity contribution in [2.75, 3.05) is 13.1 Å². The van der Waals surface area contributed by atoms with Crippen LogP contribution in [0, 0.1) is 0 Å². The maximum absolute atomic E-state index is 11.5. The first-order chi connectivity index (χ1) is 8.49. The predicted molar refractivity (Wildman–Crippen MR) is 62.2 cm³/mol. The summed E-state index contributed by atoms with van der Waals surface area (Å²) in [6.07, 6.45) is 1.27. The van der Waals surface area contributed by atoms with Crippen LogP contribution >= 0.6 is 11.6 Å². The van der Waals surface area contributed by atoms with Gasteiger partial charge < -0.3 is 15.7 Å². The van der Waals surface area contributed by atoms with Crippen molar-refractivity contribution >= 4 is 29.4 Å². The number of carboxylic acids is 1. The number of halogens is 1. The van der Waals surface area contributed by atoms with Crippen LogP contribution in [0.5, 0.6) is 0 Å². The van der Waals surface area contributed by atoms with Crippen molar-refractivity contribution in [2.24, 2.45) is 0 Å². The number of aromatic nitrogens is 1.